The van der Waals surface area contributed by atoms with Crippen molar-refractivity contribution in [2.24, 2.45) is 0 Å². The molecule has 154 valence electrons. The van der Waals surface area contributed by atoms with Crippen LogP contribution in [0.4, 0.5) is 23.1 Å². The highest BCUT2D eigenvalue weighted by atomic mass is 32.2. The normalized spacial score (nSPS) is 11.4. The van der Waals surface area contributed by atoms with Gasteiger partial charge in [0.25, 0.3) is 10.0 Å². The fourth-order valence-corrected chi connectivity index (χ4v) is 4.67. The number of aryl methyl sites for hydroxylation is 1. The van der Waals surface area contributed by atoms with Crippen molar-refractivity contribution in [3.8, 4) is 0 Å². The Kier molecular flexibility index (Phi) is 5.46. The zero-order valence-corrected chi connectivity index (χ0v) is 17.9. The van der Waals surface area contributed by atoms with Crippen molar-refractivity contribution in [3.63, 3.8) is 0 Å². The monoisotopic (exact) mass is 441 g/mol. The molecule has 0 bridgehead atoms. The molecule has 9 nitrogen and oxygen atoms in total. The molecule has 0 amide bonds. The maximum Gasteiger partial charge on any atom is 0.264 e. The maximum atomic E-state index is 12.8. The molecule has 4 aromatic rings. The van der Waals surface area contributed by atoms with Crippen molar-refractivity contribution in [1.29, 1.82) is 0 Å². The van der Waals surface area contributed by atoms with E-state index in [2.05, 4.69) is 34.1 Å². The number of nitrogens with zero attached hydrogens (tertiary/aromatic N) is 4. The van der Waals surface area contributed by atoms with Gasteiger partial charge in [0.05, 0.1) is 11.7 Å². The van der Waals surface area contributed by atoms with E-state index in [-0.39, 0.29) is 4.90 Å². The zero-order chi connectivity index (χ0) is 21.1. The van der Waals surface area contributed by atoms with E-state index in [4.69, 9.17) is 0 Å². The second-order valence-electron chi connectivity index (χ2n) is 6.44. The summed E-state index contributed by atoms with van der Waals surface area (Å²) in [7, 11) is -3.79. The van der Waals surface area contributed by atoms with Gasteiger partial charge in [0.15, 0.2) is 0 Å². The van der Waals surface area contributed by atoms with Crippen LogP contribution in [-0.4, -0.2) is 33.7 Å². The van der Waals surface area contributed by atoms with Crippen LogP contribution in [0.15, 0.2) is 53.4 Å². The van der Waals surface area contributed by atoms with Crippen LogP contribution in [0.1, 0.15) is 12.6 Å². The van der Waals surface area contributed by atoms with Gasteiger partial charge in [0, 0.05) is 29.7 Å². The standard InChI is InChI=1S/C19H19N7O2S2/c1-3-20-19-21-12(2)11-17(23-19)22-13-7-9-14(10-8-13)26-30(27,28)16-6-4-5-15-18(16)25-29-24-15/h4-11,26H,3H2,1-2H3,(H2,20,21,22,23). The van der Waals surface area contributed by atoms with Crippen LogP contribution in [0.2, 0.25) is 0 Å². The van der Waals surface area contributed by atoms with Gasteiger partial charge in [-0.05, 0) is 50.2 Å². The number of rotatable bonds is 7. The molecule has 2 heterocycles. The molecule has 3 N–H and O–H groups in total. The zero-order valence-electron chi connectivity index (χ0n) is 16.2. The summed E-state index contributed by atoms with van der Waals surface area (Å²) in [6.07, 6.45) is 0. The predicted octanol–water partition coefficient (Wildman–Crippen LogP) is 3.77. The molecule has 0 saturated heterocycles. The Labute approximate surface area is 178 Å². The second-order valence-corrected chi connectivity index (χ2v) is 8.62. The Morgan fingerprint density at radius 2 is 1.77 bits per heavy atom. The van der Waals surface area contributed by atoms with Crippen molar-refractivity contribution in [1.82, 2.24) is 18.7 Å². The minimum atomic E-state index is -3.79. The first-order valence-electron chi connectivity index (χ1n) is 9.15. The van der Waals surface area contributed by atoms with Crippen molar-refractivity contribution in [3.05, 3.63) is 54.2 Å². The SMILES string of the molecule is CCNc1nc(C)cc(Nc2ccc(NS(=O)(=O)c3cccc4nsnc34)cc2)n1. The lowest BCUT2D eigenvalue weighted by atomic mass is 10.3. The number of fused-ring (bicyclic) bond motifs is 1. The van der Waals surface area contributed by atoms with E-state index in [1.54, 1.807) is 36.4 Å². The number of sulfonamides is 1. The number of benzene rings is 2. The van der Waals surface area contributed by atoms with Gasteiger partial charge >= 0.3 is 0 Å². The second kappa shape index (κ2) is 8.20. The highest BCUT2D eigenvalue weighted by Gasteiger charge is 2.19. The van der Waals surface area contributed by atoms with Crippen LogP contribution >= 0.6 is 11.7 Å². The highest BCUT2D eigenvalue weighted by molar-refractivity contribution is 7.93. The topological polar surface area (TPSA) is 122 Å². The molecule has 0 aliphatic heterocycles. The van der Waals surface area contributed by atoms with Crippen LogP contribution < -0.4 is 15.4 Å². The summed E-state index contributed by atoms with van der Waals surface area (Å²) < 4.78 is 36.4. The van der Waals surface area contributed by atoms with E-state index < -0.39 is 10.0 Å². The molecular weight excluding hydrogens is 422 g/mol. The van der Waals surface area contributed by atoms with E-state index in [9.17, 15) is 8.42 Å². The molecule has 30 heavy (non-hydrogen) atoms. The minimum absolute atomic E-state index is 0.100. The molecule has 2 aromatic carbocycles. The number of nitrogens with one attached hydrogen (secondary N) is 3. The lowest BCUT2D eigenvalue weighted by Crippen LogP contribution is -2.13. The van der Waals surface area contributed by atoms with Gasteiger partial charge in [-0.2, -0.15) is 13.7 Å². The number of anilines is 4. The van der Waals surface area contributed by atoms with Crippen molar-refractivity contribution < 1.29 is 8.42 Å². The molecule has 0 fully saturated rings. The fraction of sp³-hybridized carbons (Fsp3) is 0.158. The van der Waals surface area contributed by atoms with Crippen LogP contribution in [0.5, 0.6) is 0 Å². The fourth-order valence-electron chi connectivity index (χ4n) is 2.85. The van der Waals surface area contributed by atoms with Crippen molar-refractivity contribution in [2.75, 3.05) is 21.9 Å². The van der Waals surface area contributed by atoms with E-state index in [0.29, 0.717) is 28.5 Å². The Morgan fingerprint density at radius 3 is 2.53 bits per heavy atom. The number of hydrogen-bond donors (Lipinski definition) is 3. The van der Waals surface area contributed by atoms with E-state index in [0.717, 1.165) is 29.7 Å². The van der Waals surface area contributed by atoms with Gasteiger partial charge in [0.1, 0.15) is 21.7 Å². The molecule has 0 atom stereocenters. The Balaban J connectivity index is 1.52. The number of hydrogen-bond acceptors (Lipinski definition) is 9. The van der Waals surface area contributed by atoms with Gasteiger partial charge in [-0.25, -0.2) is 13.4 Å². The van der Waals surface area contributed by atoms with Gasteiger partial charge in [-0.3, -0.25) is 4.72 Å². The molecule has 4 rings (SSSR count). The number of aromatic nitrogens is 4. The molecular formula is C19H19N7O2S2. The van der Waals surface area contributed by atoms with Crippen molar-refractivity contribution >= 4 is 55.9 Å². The van der Waals surface area contributed by atoms with Gasteiger partial charge < -0.3 is 10.6 Å². The van der Waals surface area contributed by atoms with Gasteiger partial charge in [-0.15, -0.1) is 0 Å². The van der Waals surface area contributed by atoms with Crippen molar-refractivity contribution in [2.45, 2.75) is 18.7 Å². The Bertz CT molecular complexity index is 1290. The van der Waals surface area contributed by atoms with Crippen LogP contribution in [0.25, 0.3) is 11.0 Å². The molecule has 2 aromatic heterocycles. The summed E-state index contributed by atoms with van der Waals surface area (Å²) in [4.78, 5) is 8.83. The third kappa shape index (κ3) is 4.31. The average molecular weight is 442 g/mol. The summed E-state index contributed by atoms with van der Waals surface area (Å²) in [5.74, 6) is 1.20. The molecule has 0 aliphatic carbocycles. The van der Waals surface area contributed by atoms with E-state index in [1.807, 2.05) is 19.9 Å². The predicted molar refractivity (Wildman–Crippen MR) is 119 cm³/mol. The summed E-state index contributed by atoms with van der Waals surface area (Å²) >= 11 is 0.982. The van der Waals surface area contributed by atoms with E-state index in [1.165, 1.54) is 6.07 Å². The minimum Gasteiger partial charge on any atom is -0.354 e. The first kappa shape index (κ1) is 20.0. The maximum absolute atomic E-state index is 12.8. The molecule has 0 radical (unpaired) electrons. The highest BCUT2D eigenvalue weighted by Crippen LogP contribution is 2.25. The summed E-state index contributed by atoms with van der Waals surface area (Å²) in [5.41, 5.74) is 2.96. The molecule has 0 spiro atoms. The molecule has 0 aliphatic rings. The summed E-state index contributed by atoms with van der Waals surface area (Å²) in [6.45, 7) is 4.59. The lowest BCUT2D eigenvalue weighted by molar-refractivity contribution is 0.602. The van der Waals surface area contributed by atoms with E-state index >= 15 is 0 Å². The smallest absolute Gasteiger partial charge is 0.264 e. The first-order valence-corrected chi connectivity index (χ1v) is 11.4. The third-order valence-corrected chi connectivity index (χ3v) is 6.09. The molecule has 0 unspecified atom stereocenters. The molecule has 0 saturated carbocycles. The van der Waals surface area contributed by atoms with Crippen LogP contribution in [0, 0.1) is 6.92 Å². The Hall–Kier alpha value is -3.31. The van der Waals surface area contributed by atoms with Crippen LogP contribution in [-0.2, 0) is 10.0 Å². The van der Waals surface area contributed by atoms with Crippen LogP contribution in [0.3, 0.4) is 0 Å². The summed E-state index contributed by atoms with van der Waals surface area (Å²) in [6, 6.07) is 13.6. The third-order valence-electron chi connectivity index (χ3n) is 4.14. The first-order chi connectivity index (χ1) is 14.4. The Morgan fingerprint density at radius 1 is 1.00 bits per heavy atom. The van der Waals surface area contributed by atoms with Gasteiger partial charge in [0.2, 0.25) is 5.95 Å². The molecule has 11 heteroatoms. The lowest BCUT2D eigenvalue weighted by Gasteiger charge is -2.11. The quantitative estimate of drug-likeness (QED) is 0.396. The largest absolute Gasteiger partial charge is 0.354 e. The average Bonchev–Trinajstić information content (AvgIpc) is 3.18. The summed E-state index contributed by atoms with van der Waals surface area (Å²) in [5, 5.41) is 6.29. The van der Waals surface area contributed by atoms with Gasteiger partial charge in [-0.1, -0.05) is 6.07 Å².